The first-order valence-electron chi connectivity index (χ1n) is 6.53. The lowest BCUT2D eigenvalue weighted by atomic mass is 10.2. The van der Waals surface area contributed by atoms with Crippen molar-refractivity contribution in [1.82, 2.24) is 4.98 Å². The molecule has 0 saturated carbocycles. The number of benzene rings is 1. The number of nitriles is 1. The number of hydrogen-bond donors (Lipinski definition) is 1. The zero-order valence-electron chi connectivity index (χ0n) is 11.8. The third-order valence-electron chi connectivity index (χ3n) is 2.79. The number of nitrogens with zero attached hydrogens (tertiary/aromatic N) is 2. The molecular weight excluding hydrogens is 282 g/mol. The number of anilines is 1. The van der Waals surface area contributed by atoms with Crippen LogP contribution >= 0.6 is 0 Å². The number of pyridine rings is 1. The number of ether oxygens (including phenoxy) is 1. The van der Waals surface area contributed by atoms with E-state index < -0.39 is 18.0 Å². The molecule has 110 valence electrons. The first-order chi connectivity index (χ1) is 10.6. The summed E-state index contributed by atoms with van der Waals surface area (Å²) in [4.78, 5) is 27.6. The topological polar surface area (TPSA) is 92.1 Å². The summed E-state index contributed by atoms with van der Waals surface area (Å²) >= 11 is 0. The predicted molar refractivity (Wildman–Crippen MR) is 78.9 cm³/mol. The summed E-state index contributed by atoms with van der Waals surface area (Å²) < 4.78 is 5.05. The van der Waals surface area contributed by atoms with Gasteiger partial charge in [0.25, 0.3) is 5.91 Å². The Morgan fingerprint density at radius 3 is 2.77 bits per heavy atom. The van der Waals surface area contributed by atoms with E-state index in [1.807, 2.05) is 6.07 Å². The molecule has 0 aliphatic rings. The maximum Gasteiger partial charge on any atom is 0.357 e. The van der Waals surface area contributed by atoms with Crippen LogP contribution in [0.2, 0.25) is 0 Å². The Morgan fingerprint density at radius 2 is 2.09 bits per heavy atom. The van der Waals surface area contributed by atoms with Crippen molar-refractivity contribution in [2.24, 2.45) is 0 Å². The molecule has 1 aromatic carbocycles. The zero-order chi connectivity index (χ0) is 15.9. The normalized spacial score (nSPS) is 11.1. The zero-order valence-corrected chi connectivity index (χ0v) is 11.8. The molecule has 0 spiro atoms. The van der Waals surface area contributed by atoms with E-state index in [-0.39, 0.29) is 5.69 Å². The van der Waals surface area contributed by atoms with Gasteiger partial charge in [0.15, 0.2) is 6.10 Å². The van der Waals surface area contributed by atoms with Crippen LogP contribution in [-0.2, 0) is 9.53 Å². The molecule has 0 aliphatic carbocycles. The summed E-state index contributed by atoms with van der Waals surface area (Å²) in [6, 6.07) is 13.3. The fourth-order valence-corrected chi connectivity index (χ4v) is 1.67. The van der Waals surface area contributed by atoms with Crippen molar-refractivity contribution >= 4 is 17.6 Å². The van der Waals surface area contributed by atoms with Crippen LogP contribution in [-0.4, -0.2) is 23.0 Å². The minimum atomic E-state index is -0.986. The molecule has 1 amide bonds. The first kappa shape index (κ1) is 15.2. The minimum Gasteiger partial charge on any atom is -0.448 e. The smallest absolute Gasteiger partial charge is 0.357 e. The minimum absolute atomic E-state index is 0.133. The fraction of sp³-hybridized carbons (Fsp3) is 0.125. The molecule has 1 aromatic heterocycles. The van der Waals surface area contributed by atoms with Gasteiger partial charge in [0.05, 0.1) is 11.6 Å². The van der Waals surface area contributed by atoms with Crippen LogP contribution in [0.3, 0.4) is 0 Å². The van der Waals surface area contributed by atoms with Crippen LogP contribution in [0.5, 0.6) is 0 Å². The third kappa shape index (κ3) is 3.90. The molecule has 22 heavy (non-hydrogen) atoms. The van der Waals surface area contributed by atoms with E-state index in [9.17, 15) is 9.59 Å². The van der Waals surface area contributed by atoms with Crippen molar-refractivity contribution in [3.63, 3.8) is 0 Å². The Bertz CT molecular complexity index is 723. The highest BCUT2D eigenvalue weighted by atomic mass is 16.5. The van der Waals surface area contributed by atoms with E-state index in [1.165, 1.54) is 25.3 Å². The summed E-state index contributed by atoms with van der Waals surface area (Å²) in [5, 5.41) is 11.4. The molecule has 0 saturated heterocycles. The Kier molecular flexibility index (Phi) is 4.83. The van der Waals surface area contributed by atoms with Crippen LogP contribution < -0.4 is 5.32 Å². The maximum atomic E-state index is 12.0. The Hall–Kier alpha value is -3.20. The van der Waals surface area contributed by atoms with E-state index in [0.717, 1.165) is 0 Å². The lowest BCUT2D eigenvalue weighted by molar-refractivity contribution is -0.123. The SMILES string of the molecule is C[C@@H](OC(=O)c1ccccn1)C(=O)Nc1cccc(C#N)c1. The van der Waals surface area contributed by atoms with E-state index >= 15 is 0 Å². The molecule has 0 bridgehead atoms. The van der Waals surface area contributed by atoms with Gasteiger partial charge in [-0.2, -0.15) is 5.26 Å². The Morgan fingerprint density at radius 1 is 1.27 bits per heavy atom. The van der Waals surface area contributed by atoms with Crippen molar-refractivity contribution in [3.05, 3.63) is 59.9 Å². The van der Waals surface area contributed by atoms with Gasteiger partial charge in [0.2, 0.25) is 0 Å². The van der Waals surface area contributed by atoms with Crippen molar-refractivity contribution in [1.29, 1.82) is 5.26 Å². The number of hydrogen-bond acceptors (Lipinski definition) is 5. The van der Waals surface area contributed by atoms with Gasteiger partial charge in [-0.25, -0.2) is 9.78 Å². The van der Waals surface area contributed by atoms with Gasteiger partial charge in [0, 0.05) is 11.9 Å². The average molecular weight is 295 g/mol. The molecule has 0 unspecified atom stereocenters. The quantitative estimate of drug-likeness (QED) is 0.872. The van der Waals surface area contributed by atoms with Crippen LogP contribution in [0.15, 0.2) is 48.7 Å². The first-order valence-corrected chi connectivity index (χ1v) is 6.53. The molecule has 1 N–H and O–H groups in total. The molecule has 2 rings (SSSR count). The van der Waals surface area contributed by atoms with Crippen molar-refractivity contribution in [2.75, 3.05) is 5.32 Å². The highest BCUT2D eigenvalue weighted by molar-refractivity contribution is 5.96. The van der Waals surface area contributed by atoms with Gasteiger partial charge in [-0.15, -0.1) is 0 Å². The molecule has 6 nitrogen and oxygen atoms in total. The second-order valence-electron chi connectivity index (χ2n) is 4.44. The van der Waals surface area contributed by atoms with E-state index in [2.05, 4.69) is 10.3 Å². The summed E-state index contributed by atoms with van der Waals surface area (Å²) in [5.74, 6) is -1.16. The van der Waals surface area contributed by atoms with Crippen LogP contribution in [0.1, 0.15) is 23.0 Å². The second-order valence-corrected chi connectivity index (χ2v) is 4.44. The number of carbonyl (C=O) groups is 2. The van der Waals surface area contributed by atoms with E-state index in [0.29, 0.717) is 11.3 Å². The van der Waals surface area contributed by atoms with Gasteiger partial charge >= 0.3 is 5.97 Å². The molecule has 0 aliphatic heterocycles. The molecule has 6 heteroatoms. The van der Waals surface area contributed by atoms with Crippen molar-refractivity contribution in [3.8, 4) is 6.07 Å². The second kappa shape index (κ2) is 6.99. The van der Waals surface area contributed by atoms with Gasteiger partial charge in [-0.05, 0) is 37.3 Å². The number of aromatic nitrogens is 1. The van der Waals surface area contributed by atoms with E-state index in [1.54, 1.807) is 30.3 Å². The molecule has 1 atom stereocenters. The summed E-state index contributed by atoms with van der Waals surface area (Å²) in [6.07, 6.45) is 0.481. The Balaban J connectivity index is 1.97. The van der Waals surface area contributed by atoms with Crippen LogP contribution in [0.25, 0.3) is 0 Å². The highest BCUT2D eigenvalue weighted by Crippen LogP contribution is 2.11. The fourth-order valence-electron chi connectivity index (χ4n) is 1.67. The lowest BCUT2D eigenvalue weighted by Crippen LogP contribution is -2.30. The number of nitrogens with one attached hydrogen (secondary N) is 1. The van der Waals surface area contributed by atoms with E-state index in [4.69, 9.17) is 10.00 Å². The Labute approximate surface area is 127 Å². The van der Waals surface area contributed by atoms with Gasteiger partial charge in [-0.3, -0.25) is 4.79 Å². The van der Waals surface area contributed by atoms with Crippen LogP contribution in [0.4, 0.5) is 5.69 Å². The van der Waals surface area contributed by atoms with Crippen LogP contribution in [0, 0.1) is 11.3 Å². The maximum absolute atomic E-state index is 12.0. The average Bonchev–Trinajstić information content (AvgIpc) is 2.55. The monoisotopic (exact) mass is 295 g/mol. The summed E-state index contributed by atoms with van der Waals surface area (Å²) in [5.41, 5.74) is 1.02. The largest absolute Gasteiger partial charge is 0.448 e. The number of rotatable bonds is 4. The molecule has 1 heterocycles. The standard InChI is InChI=1S/C16H13N3O3/c1-11(22-16(21)14-7-2-3-8-18-14)15(20)19-13-6-4-5-12(9-13)10-17/h2-9,11H,1H3,(H,19,20)/t11-/m1/s1. The number of amides is 1. The number of carbonyl (C=O) groups excluding carboxylic acids is 2. The predicted octanol–water partition coefficient (Wildman–Crippen LogP) is 2.14. The molecule has 0 fully saturated rings. The van der Waals surface area contributed by atoms with Gasteiger partial charge < -0.3 is 10.1 Å². The number of esters is 1. The molecular formula is C16H13N3O3. The lowest BCUT2D eigenvalue weighted by Gasteiger charge is -2.13. The van der Waals surface area contributed by atoms with Crippen molar-refractivity contribution in [2.45, 2.75) is 13.0 Å². The van der Waals surface area contributed by atoms with Gasteiger partial charge in [-0.1, -0.05) is 12.1 Å². The third-order valence-corrected chi connectivity index (χ3v) is 2.79. The molecule has 0 radical (unpaired) electrons. The van der Waals surface area contributed by atoms with Crippen molar-refractivity contribution < 1.29 is 14.3 Å². The summed E-state index contributed by atoms with van der Waals surface area (Å²) in [6.45, 7) is 1.46. The molecule has 2 aromatic rings. The van der Waals surface area contributed by atoms with Gasteiger partial charge in [0.1, 0.15) is 5.69 Å². The highest BCUT2D eigenvalue weighted by Gasteiger charge is 2.19. The summed E-state index contributed by atoms with van der Waals surface area (Å²) in [7, 11) is 0.